The Balaban J connectivity index is 2.08. The van der Waals surface area contributed by atoms with Crippen molar-refractivity contribution in [3.8, 4) is 6.07 Å². The number of hydrogen-bond acceptors (Lipinski definition) is 4. The summed E-state index contributed by atoms with van der Waals surface area (Å²) in [6.07, 6.45) is 2.78. The minimum Gasteiger partial charge on any atom is -0.355 e. The van der Waals surface area contributed by atoms with E-state index in [2.05, 4.69) is 21.3 Å². The summed E-state index contributed by atoms with van der Waals surface area (Å²) in [5.74, 6) is 0.965. The van der Waals surface area contributed by atoms with E-state index in [9.17, 15) is 0 Å². The first kappa shape index (κ1) is 9.94. The zero-order chi connectivity index (χ0) is 10.7. The third-order valence-electron chi connectivity index (χ3n) is 2.80. The molecule has 4 heteroatoms. The molecule has 0 saturated carbocycles. The standard InChI is InChI=1S/C11H14N4/c1-13-10-4-5-15(8-10)11-3-2-9(6-12)7-14-11/h2-3,7,10,13H,4-5,8H2,1H3. The zero-order valence-electron chi connectivity index (χ0n) is 8.77. The van der Waals surface area contributed by atoms with E-state index in [1.165, 1.54) is 0 Å². The molecule has 1 fully saturated rings. The molecule has 2 rings (SSSR count). The molecule has 0 radical (unpaired) electrons. The van der Waals surface area contributed by atoms with Crippen LogP contribution >= 0.6 is 0 Å². The van der Waals surface area contributed by atoms with Gasteiger partial charge in [-0.05, 0) is 25.6 Å². The normalized spacial score (nSPS) is 20.3. The molecule has 15 heavy (non-hydrogen) atoms. The van der Waals surface area contributed by atoms with Gasteiger partial charge < -0.3 is 10.2 Å². The molecule has 1 aliphatic rings. The quantitative estimate of drug-likeness (QED) is 0.769. The predicted molar refractivity (Wildman–Crippen MR) is 58.6 cm³/mol. The van der Waals surface area contributed by atoms with E-state index in [1.807, 2.05) is 19.2 Å². The topological polar surface area (TPSA) is 52.0 Å². The van der Waals surface area contributed by atoms with Gasteiger partial charge in [-0.3, -0.25) is 0 Å². The molecule has 0 bridgehead atoms. The highest BCUT2D eigenvalue weighted by atomic mass is 15.2. The maximum absolute atomic E-state index is 8.66. The van der Waals surface area contributed by atoms with Crippen molar-refractivity contribution in [3.05, 3.63) is 23.9 Å². The Morgan fingerprint density at radius 3 is 3.00 bits per heavy atom. The second-order valence-electron chi connectivity index (χ2n) is 3.74. The molecule has 4 nitrogen and oxygen atoms in total. The highest BCUT2D eigenvalue weighted by Gasteiger charge is 2.21. The fourth-order valence-electron chi connectivity index (χ4n) is 1.84. The minimum atomic E-state index is 0.558. The average Bonchev–Trinajstić information content (AvgIpc) is 2.78. The third-order valence-corrected chi connectivity index (χ3v) is 2.80. The van der Waals surface area contributed by atoms with Crippen LogP contribution in [0.5, 0.6) is 0 Å². The lowest BCUT2D eigenvalue weighted by Gasteiger charge is -2.16. The van der Waals surface area contributed by atoms with Crippen molar-refractivity contribution in [2.45, 2.75) is 12.5 Å². The van der Waals surface area contributed by atoms with E-state index < -0.39 is 0 Å². The summed E-state index contributed by atoms with van der Waals surface area (Å²) in [4.78, 5) is 6.51. The van der Waals surface area contributed by atoms with Gasteiger partial charge in [-0.1, -0.05) is 0 Å². The van der Waals surface area contributed by atoms with Crippen LogP contribution in [0.15, 0.2) is 18.3 Å². The Kier molecular flexibility index (Phi) is 2.84. The van der Waals surface area contributed by atoms with Gasteiger partial charge in [0.1, 0.15) is 11.9 Å². The van der Waals surface area contributed by atoms with Crippen molar-refractivity contribution in [2.24, 2.45) is 0 Å². The van der Waals surface area contributed by atoms with Gasteiger partial charge in [-0.15, -0.1) is 0 Å². The van der Waals surface area contributed by atoms with Crippen LogP contribution in [0, 0.1) is 11.3 Å². The van der Waals surface area contributed by atoms with Crippen LogP contribution in [0.3, 0.4) is 0 Å². The van der Waals surface area contributed by atoms with Crippen molar-refractivity contribution in [3.63, 3.8) is 0 Å². The maximum atomic E-state index is 8.66. The van der Waals surface area contributed by atoms with Crippen molar-refractivity contribution in [1.82, 2.24) is 10.3 Å². The Bertz CT molecular complexity index is 365. The van der Waals surface area contributed by atoms with Gasteiger partial charge in [0.25, 0.3) is 0 Å². The smallest absolute Gasteiger partial charge is 0.128 e. The molecule has 0 aliphatic carbocycles. The number of pyridine rings is 1. The van der Waals surface area contributed by atoms with Gasteiger partial charge in [0.2, 0.25) is 0 Å². The number of rotatable bonds is 2. The Morgan fingerprint density at radius 1 is 1.60 bits per heavy atom. The van der Waals surface area contributed by atoms with Gasteiger partial charge in [0.05, 0.1) is 5.56 Å². The van der Waals surface area contributed by atoms with E-state index in [4.69, 9.17) is 5.26 Å². The van der Waals surface area contributed by atoms with Crippen LogP contribution in [-0.2, 0) is 0 Å². The van der Waals surface area contributed by atoms with Crippen LogP contribution in [0.2, 0.25) is 0 Å². The van der Waals surface area contributed by atoms with E-state index in [0.29, 0.717) is 11.6 Å². The Hall–Kier alpha value is -1.60. The SMILES string of the molecule is CNC1CCN(c2ccc(C#N)cn2)C1. The van der Waals surface area contributed by atoms with E-state index in [0.717, 1.165) is 25.3 Å². The molecule has 1 aromatic heterocycles. The molecule has 1 aromatic rings. The van der Waals surface area contributed by atoms with Gasteiger partial charge in [0.15, 0.2) is 0 Å². The lowest BCUT2D eigenvalue weighted by atomic mass is 10.3. The maximum Gasteiger partial charge on any atom is 0.128 e. The van der Waals surface area contributed by atoms with Gasteiger partial charge >= 0.3 is 0 Å². The average molecular weight is 202 g/mol. The first-order chi connectivity index (χ1) is 7.33. The van der Waals surface area contributed by atoms with Crippen LogP contribution in [0.25, 0.3) is 0 Å². The summed E-state index contributed by atoms with van der Waals surface area (Å²) in [6.45, 7) is 2.03. The molecule has 78 valence electrons. The van der Waals surface area contributed by atoms with Crippen LogP contribution in [-0.4, -0.2) is 31.2 Å². The number of anilines is 1. The summed E-state index contributed by atoms with van der Waals surface area (Å²) < 4.78 is 0. The number of likely N-dealkylation sites (N-methyl/N-ethyl adjacent to an activating group) is 1. The summed E-state index contributed by atoms with van der Waals surface area (Å²) in [6, 6.07) is 6.36. The summed E-state index contributed by atoms with van der Waals surface area (Å²) in [5, 5.41) is 11.9. The zero-order valence-corrected chi connectivity index (χ0v) is 8.77. The van der Waals surface area contributed by atoms with Crippen LogP contribution in [0.4, 0.5) is 5.82 Å². The third kappa shape index (κ3) is 2.08. The summed E-state index contributed by atoms with van der Waals surface area (Å²) in [7, 11) is 1.99. The molecular formula is C11H14N4. The van der Waals surface area contributed by atoms with Crippen LogP contribution in [0.1, 0.15) is 12.0 Å². The molecule has 1 unspecified atom stereocenters. The molecule has 0 aromatic carbocycles. The molecule has 1 N–H and O–H groups in total. The lowest BCUT2D eigenvalue weighted by molar-refractivity contribution is 0.616. The van der Waals surface area contributed by atoms with Crippen molar-refractivity contribution < 1.29 is 0 Å². The molecule has 0 spiro atoms. The van der Waals surface area contributed by atoms with E-state index in [1.54, 1.807) is 6.20 Å². The largest absolute Gasteiger partial charge is 0.355 e. The lowest BCUT2D eigenvalue weighted by Crippen LogP contribution is -2.29. The molecule has 1 saturated heterocycles. The monoisotopic (exact) mass is 202 g/mol. The Morgan fingerprint density at radius 2 is 2.47 bits per heavy atom. The van der Waals surface area contributed by atoms with E-state index >= 15 is 0 Å². The molecule has 1 aliphatic heterocycles. The highest BCUT2D eigenvalue weighted by molar-refractivity contribution is 5.43. The molecule has 0 amide bonds. The van der Waals surface area contributed by atoms with Crippen molar-refractivity contribution in [2.75, 3.05) is 25.0 Å². The van der Waals surface area contributed by atoms with Crippen molar-refractivity contribution >= 4 is 5.82 Å². The first-order valence-electron chi connectivity index (χ1n) is 5.12. The van der Waals surface area contributed by atoms with Gasteiger partial charge in [-0.2, -0.15) is 5.26 Å². The number of nitrogens with one attached hydrogen (secondary N) is 1. The van der Waals surface area contributed by atoms with Crippen molar-refractivity contribution in [1.29, 1.82) is 5.26 Å². The Labute approximate surface area is 89.5 Å². The molecular weight excluding hydrogens is 188 g/mol. The van der Waals surface area contributed by atoms with E-state index in [-0.39, 0.29) is 0 Å². The number of aromatic nitrogens is 1. The predicted octanol–water partition coefficient (Wildman–Crippen LogP) is 0.751. The second kappa shape index (κ2) is 4.28. The highest BCUT2D eigenvalue weighted by Crippen LogP contribution is 2.17. The summed E-state index contributed by atoms with van der Waals surface area (Å²) in [5.41, 5.74) is 0.614. The minimum absolute atomic E-state index is 0.558. The fourth-order valence-corrected chi connectivity index (χ4v) is 1.84. The summed E-state index contributed by atoms with van der Waals surface area (Å²) >= 11 is 0. The second-order valence-corrected chi connectivity index (χ2v) is 3.74. The fraction of sp³-hybridized carbons (Fsp3) is 0.455. The molecule has 2 heterocycles. The number of nitrogens with zero attached hydrogens (tertiary/aromatic N) is 3. The van der Waals surface area contributed by atoms with Crippen LogP contribution < -0.4 is 10.2 Å². The van der Waals surface area contributed by atoms with Gasteiger partial charge in [0, 0.05) is 25.3 Å². The number of nitriles is 1. The first-order valence-corrected chi connectivity index (χ1v) is 5.12. The van der Waals surface area contributed by atoms with Gasteiger partial charge in [-0.25, -0.2) is 4.98 Å². The molecule has 1 atom stereocenters. The number of hydrogen-bond donors (Lipinski definition) is 1.